The molecule has 1 heterocycles. The smallest absolute Gasteiger partial charge is 0.237 e. The molecule has 128 valence electrons. The molecule has 3 rings (SSSR count). The van der Waals surface area contributed by atoms with Crippen LogP contribution in [0.1, 0.15) is 47.5 Å². The molecule has 2 atom stereocenters. The first-order chi connectivity index (χ1) is 11.5. The molecular weight excluding hydrogens is 318 g/mol. The molecule has 5 heteroatoms. The summed E-state index contributed by atoms with van der Waals surface area (Å²) < 4.78 is 1.81. The quantitative estimate of drug-likeness (QED) is 0.906. The Hall–Kier alpha value is -1.75. The predicted octanol–water partition coefficient (Wildman–Crippen LogP) is 4.17. The van der Waals surface area contributed by atoms with E-state index in [0.29, 0.717) is 5.25 Å². The number of amides is 1. The van der Waals surface area contributed by atoms with E-state index in [-0.39, 0.29) is 11.2 Å². The van der Waals surface area contributed by atoms with Crippen LogP contribution in [-0.4, -0.2) is 20.9 Å². The van der Waals surface area contributed by atoms with Gasteiger partial charge in [-0.25, -0.2) is 0 Å². The molecule has 1 aromatic heterocycles. The number of anilines is 1. The Bertz CT molecular complexity index is 753. The van der Waals surface area contributed by atoms with E-state index in [2.05, 4.69) is 34.7 Å². The van der Waals surface area contributed by atoms with Crippen molar-refractivity contribution in [3.8, 4) is 0 Å². The van der Waals surface area contributed by atoms with Crippen LogP contribution in [0.25, 0.3) is 0 Å². The van der Waals surface area contributed by atoms with E-state index in [1.165, 1.54) is 17.5 Å². The molecule has 1 aliphatic rings. The number of hydrogen-bond acceptors (Lipinski definition) is 3. The number of hydrogen-bond donors (Lipinski definition) is 1. The average molecular weight is 343 g/mol. The van der Waals surface area contributed by atoms with E-state index >= 15 is 0 Å². The molecule has 2 aromatic rings. The van der Waals surface area contributed by atoms with Gasteiger partial charge < -0.3 is 5.32 Å². The standard InChI is InChI=1S/C19H25N3OS/c1-12-18(13(2)22(4)21-12)20-19(23)14(3)24-17-11-7-9-15-8-5-6-10-16(15)17/h5-6,8,10,14,17H,7,9,11H2,1-4H3,(H,20,23)/t14-,17-/m1/s1. The number of rotatable bonds is 4. The van der Waals surface area contributed by atoms with Crippen LogP contribution in [0, 0.1) is 13.8 Å². The van der Waals surface area contributed by atoms with Crippen molar-refractivity contribution in [3.05, 3.63) is 46.8 Å². The first-order valence-electron chi connectivity index (χ1n) is 8.51. The molecule has 0 fully saturated rings. The van der Waals surface area contributed by atoms with Crippen molar-refractivity contribution in [2.45, 2.75) is 50.5 Å². The van der Waals surface area contributed by atoms with E-state index in [9.17, 15) is 4.79 Å². The zero-order valence-electron chi connectivity index (χ0n) is 14.8. The van der Waals surface area contributed by atoms with Gasteiger partial charge in [-0.2, -0.15) is 5.10 Å². The Morgan fingerprint density at radius 3 is 2.83 bits per heavy atom. The largest absolute Gasteiger partial charge is 0.322 e. The van der Waals surface area contributed by atoms with Crippen LogP contribution in [-0.2, 0) is 18.3 Å². The fraction of sp³-hybridized carbons (Fsp3) is 0.474. The number of nitrogens with zero attached hydrogens (tertiary/aromatic N) is 2. The number of thioether (sulfide) groups is 1. The predicted molar refractivity (Wildman–Crippen MR) is 100 cm³/mol. The number of benzene rings is 1. The van der Waals surface area contributed by atoms with E-state index in [0.717, 1.165) is 29.9 Å². The van der Waals surface area contributed by atoms with Crippen molar-refractivity contribution in [2.75, 3.05) is 5.32 Å². The van der Waals surface area contributed by atoms with Crippen molar-refractivity contribution in [1.29, 1.82) is 0 Å². The fourth-order valence-corrected chi connectivity index (χ4v) is 4.69. The highest BCUT2D eigenvalue weighted by Gasteiger charge is 2.26. The highest BCUT2D eigenvalue weighted by molar-refractivity contribution is 8.00. The van der Waals surface area contributed by atoms with Crippen molar-refractivity contribution in [1.82, 2.24) is 9.78 Å². The molecular formula is C19H25N3OS. The third-order valence-electron chi connectivity index (χ3n) is 4.81. The highest BCUT2D eigenvalue weighted by Crippen LogP contribution is 2.41. The van der Waals surface area contributed by atoms with Crippen molar-refractivity contribution in [3.63, 3.8) is 0 Å². The van der Waals surface area contributed by atoms with Gasteiger partial charge in [-0.05, 0) is 51.2 Å². The molecule has 1 aliphatic carbocycles. The third kappa shape index (κ3) is 3.36. The van der Waals surface area contributed by atoms with Gasteiger partial charge in [-0.1, -0.05) is 24.3 Å². The number of carbonyl (C=O) groups excluding carboxylic acids is 1. The number of aryl methyl sites for hydroxylation is 3. The molecule has 1 N–H and O–H groups in total. The molecule has 0 radical (unpaired) electrons. The van der Waals surface area contributed by atoms with Gasteiger partial charge in [0.2, 0.25) is 5.91 Å². The van der Waals surface area contributed by atoms with Crippen LogP contribution in [0.4, 0.5) is 5.69 Å². The van der Waals surface area contributed by atoms with Gasteiger partial charge in [0.25, 0.3) is 0 Å². The lowest BCUT2D eigenvalue weighted by molar-refractivity contribution is -0.115. The van der Waals surface area contributed by atoms with E-state index in [4.69, 9.17) is 0 Å². The Morgan fingerprint density at radius 2 is 2.12 bits per heavy atom. The lowest BCUT2D eigenvalue weighted by atomic mass is 9.91. The molecule has 0 spiro atoms. The monoisotopic (exact) mass is 343 g/mol. The van der Waals surface area contributed by atoms with Gasteiger partial charge in [-0.3, -0.25) is 9.48 Å². The lowest BCUT2D eigenvalue weighted by Gasteiger charge is -2.27. The summed E-state index contributed by atoms with van der Waals surface area (Å²) in [5, 5.41) is 7.75. The van der Waals surface area contributed by atoms with Crippen molar-refractivity contribution >= 4 is 23.4 Å². The molecule has 0 saturated carbocycles. The average Bonchev–Trinajstić information content (AvgIpc) is 2.81. The van der Waals surface area contributed by atoms with Gasteiger partial charge in [-0.15, -0.1) is 11.8 Å². The minimum atomic E-state index is -0.0971. The van der Waals surface area contributed by atoms with Crippen LogP contribution in [0.3, 0.4) is 0 Å². The van der Waals surface area contributed by atoms with Crippen molar-refractivity contribution < 1.29 is 4.79 Å². The van der Waals surface area contributed by atoms with Gasteiger partial charge in [0.05, 0.1) is 22.3 Å². The Labute approximate surface area is 148 Å². The van der Waals surface area contributed by atoms with E-state index in [1.54, 1.807) is 16.4 Å². The van der Waals surface area contributed by atoms with E-state index < -0.39 is 0 Å². The maximum Gasteiger partial charge on any atom is 0.237 e. The lowest BCUT2D eigenvalue weighted by Crippen LogP contribution is -2.24. The van der Waals surface area contributed by atoms with Crippen LogP contribution in [0.15, 0.2) is 24.3 Å². The SMILES string of the molecule is Cc1nn(C)c(C)c1NC(=O)[C@@H](C)S[C@@H]1CCCc2ccccc21. The fourth-order valence-electron chi connectivity index (χ4n) is 3.34. The normalized spacial score (nSPS) is 18.1. The Balaban J connectivity index is 1.69. The molecule has 4 nitrogen and oxygen atoms in total. The molecule has 1 aromatic carbocycles. The number of fused-ring (bicyclic) bond motifs is 1. The van der Waals surface area contributed by atoms with Crippen LogP contribution < -0.4 is 5.32 Å². The molecule has 0 saturated heterocycles. The van der Waals surface area contributed by atoms with Crippen LogP contribution in [0.5, 0.6) is 0 Å². The summed E-state index contributed by atoms with van der Waals surface area (Å²) in [6.45, 7) is 5.90. The number of carbonyl (C=O) groups is 1. The topological polar surface area (TPSA) is 46.9 Å². The van der Waals surface area contributed by atoms with Crippen LogP contribution >= 0.6 is 11.8 Å². The Kier molecular flexibility index (Phi) is 4.99. The molecule has 0 unspecified atom stereocenters. The highest BCUT2D eigenvalue weighted by atomic mass is 32.2. The zero-order valence-corrected chi connectivity index (χ0v) is 15.6. The second kappa shape index (κ2) is 7.01. The maximum absolute atomic E-state index is 12.6. The summed E-state index contributed by atoms with van der Waals surface area (Å²) in [6.07, 6.45) is 3.50. The minimum absolute atomic E-state index is 0.0576. The van der Waals surface area contributed by atoms with Gasteiger partial charge in [0, 0.05) is 12.3 Å². The van der Waals surface area contributed by atoms with Gasteiger partial charge >= 0.3 is 0 Å². The summed E-state index contributed by atoms with van der Waals surface area (Å²) in [5.74, 6) is 0.0576. The van der Waals surface area contributed by atoms with Crippen molar-refractivity contribution in [2.24, 2.45) is 7.05 Å². The Morgan fingerprint density at radius 1 is 1.38 bits per heavy atom. The number of aromatic nitrogens is 2. The molecule has 0 aliphatic heterocycles. The number of nitrogens with one attached hydrogen (secondary N) is 1. The summed E-state index contributed by atoms with van der Waals surface area (Å²) in [7, 11) is 1.90. The first kappa shape index (κ1) is 17.1. The summed E-state index contributed by atoms with van der Waals surface area (Å²) in [6, 6.07) is 8.64. The third-order valence-corrected chi connectivity index (χ3v) is 6.25. The van der Waals surface area contributed by atoms with E-state index in [1.807, 2.05) is 27.8 Å². The molecule has 1 amide bonds. The zero-order chi connectivity index (χ0) is 17.3. The summed E-state index contributed by atoms with van der Waals surface area (Å²) in [5.41, 5.74) is 5.54. The second-order valence-corrected chi connectivity index (χ2v) is 8.06. The maximum atomic E-state index is 12.6. The van der Waals surface area contributed by atoms with Crippen LogP contribution in [0.2, 0.25) is 0 Å². The molecule has 24 heavy (non-hydrogen) atoms. The van der Waals surface area contributed by atoms with Gasteiger partial charge in [0.1, 0.15) is 0 Å². The minimum Gasteiger partial charge on any atom is -0.322 e. The summed E-state index contributed by atoms with van der Waals surface area (Å²) in [4.78, 5) is 12.6. The summed E-state index contributed by atoms with van der Waals surface area (Å²) >= 11 is 1.77. The first-order valence-corrected chi connectivity index (χ1v) is 9.46. The second-order valence-electron chi connectivity index (χ2n) is 6.52. The molecule has 0 bridgehead atoms. The van der Waals surface area contributed by atoms with Gasteiger partial charge in [0.15, 0.2) is 0 Å².